The average molecular weight is 431 g/mol. The summed E-state index contributed by atoms with van der Waals surface area (Å²) in [5.41, 5.74) is 4.83. The summed E-state index contributed by atoms with van der Waals surface area (Å²) in [5, 5.41) is 0.649. The molecule has 4 aromatic rings. The van der Waals surface area contributed by atoms with Gasteiger partial charge in [0.1, 0.15) is 5.58 Å². The number of hydrogen-bond donors (Lipinski definition) is 0. The van der Waals surface area contributed by atoms with Crippen molar-refractivity contribution in [3.63, 3.8) is 0 Å². The van der Waals surface area contributed by atoms with Crippen LogP contribution < -0.4 is 10.3 Å². The summed E-state index contributed by atoms with van der Waals surface area (Å²) in [4.78, 5) is 21.7. The lowest BCUT2D eigenvalue weighted by Crippen LogP contribution is -2.27. The van der Waals surface area contributed by atoms with Crippen LogP contribution in [0.5, 0.6) is 0 Å². The van der Waals surface area contributed by atoms with Gasteiger partial charge in [0, 0.05) is 63.9 Å². The van der Waals surface area contributed by atoms with E-state index in [0.717, 1.165) is 31.6 Å². The Bertz CT molecular complexity index is 1210. The molecule has 0 saturated carbocycles. The topological polar surface area (TPSA) is 54.5 Å². The maximum atomic E-state index is 13.1. The van der Waals surface area contributed by atoms with Crippen molar-refractivity contribution in [3.8, 4) is 0 Å². The second kappa shape index (κ2) is 9.83. The van der Waals surface area contributed by atoms with Gasteiger partial charge >= 0.3 is 0 Å². The number of anilines is 1. The zero-order valence-corrected chi connectivity index (χ0v) is 19.0. The van der Waals surface area contributed by atoms with Gasteiger partial charge < -0.3 is 13.9 Å². The first-order chi connectivity index (χ1) is 15.5. The van der Waals surface area contributed by atoms with Crippen LogP contribution in [0.15, 0.2) is 76.7 Å². The number of benzene rings is 2. The molecular formula is C26H30N4O2. The molecule has 0 aliphatic rings. The van der Waals surface area contributed by atoms with Crippen molar-refractivity contribution in [2.24, 2.45) is 0 Å². The minimum Gasteiger partial charge on any atom is -0.464 e. The largest absolute Gasteiger partial charge is 0.464 e. The monoisotopic (exact) mass is 430 g/mol. The maximum Gasteiger partial charge on any atom is 0.197 e. The van der Waals surface area contributed by atoms with Gasteiger partial charge in [0.15, 0.2) is 5.43 Å². The quantitative estimate of drug-likeness (QED) is 0.393. The molecule has 0 aliphatic carbocycles. The van der Waals surface area contributed by atoms with Gasteiger partial charge in [-0.1, -0.05) is 23.8 Å². The standard InChI is InChI=1S/C26H30N4O2/c1-20-5-10-25-24(15-20)26(31)22(18-32-25)17-30(13-4-12-29-14-11-27-19-29)16-21-6-8-23(9-7-21)28(2)3/h5-11,14-15,18-19H,4,12-13,16-17H2,1-3H3. The molecule has 0 N–H and O–H groups in total. The van der Waals surface area contributed by atoms with Crippen molar-refractivity contribution in [1.82, 2.24) is 14.5 Å². The summed E-state index contributed by atoms with van der Waals surface area (Å²) in [7, 11) is 4.08. The van der Waals surface area contributed by atoms with Crippen LogP contribution in [0.1, 0.15) is 23.1 Å². The lowest BCUT2D eigenvalue weighted by Gasteiger charge is -2.23. The molecule has 6 heteroatoms. The predicted octanol–water partition coefficient (Wildman–Crippen LogP) is 4.46. The summed E-state index contributed by atoms with van der Waals surface area (Å²) in [5.74, 6) is 0. The van der Waals surface area contributed by atoms with E-state index in [1.165, 1.54) is 11.3 Å². The van der Waals surface area contributed by atoms with Gasteiger partial charge in [-0.15, -0.1) is 0 Å². The molecule has 0 atom stereocenters. The van der Waals surface area contributed by atoms with E-state index in [-0.39, 0.29) is 5.43 Å². The minimum absolute atomic E-state index is 0.0533. The number of hydrogen-bond acceptors (Lipinski definition) is 5. The number of fused-ring (bicyclic) bond motifs is 1. The van der Waals surface area contributed by atoms with Crippen molar-refractivity contribution in [2.45, 2.75) is 33.0 Å². The van der Waals surface area contributed by atoms with Crippen LogP contribution >= 0.6 is 0 Å². The maximum absolute atomic E-state index is 13.1. The molecule has 0 saturated heterocycles. The zero-order chi connectivity index (χ0) is 22.5. The van der Waals surface area contributed by atoms with Gasteiger partial charge in [0.25, 0.3) is 0 Å². The third-order valence-corrected chi connectivity index (χ3v) is 5.70. The summed E-state index contributed by atoms with van der Waals surface area (Å²) in [6, 6.07) is 14.3. The van der Waals surface area contributed by atoms with Crippen LogP contribution in [0.2, 0.25) is 0 Å². The number of aromatic nitrogens is 2. The van der Waals surface area contributed by atoms with Crippen molar-refractivity contribution in [2.75, 3.05) is 25.5 Å². The second-order valence-corrected chi connectivity index (χ2v) is 8.52. The van der Waals surface area contributed by atoms with Crippen LogP contribution in [0.3, 0.4) is 0 Å². The number of aryl methyl sites for hydroxylation is 2. The van der Waals surface area contributed by atoms with Crippen LogP contribution in [0.25, 0.3) is 11.0 Å². The first kappa shape index (κ1) is 21.8. The molecule has 0 unspecified atom stereocenters. The Labute approximate surface area is 188 Å². The molecule has 0 bridgehead atoms. The predicted molar refractivity (Wildman–Crippen MR) is 129 cm³/mol. The van der Waals surface area contributed by atoms with E-state index in [0.29, 0.717) is 23.1 Å². The lowest BCUT2D eigenvalue weighted by molar-refractivity contribution is 0.246. The molecule has 0 radical (unpaired) electrons. The molecule has 2 heterocycles. The summed E-state index contributed by atoms with van der Waals surface area (Å²) >= 11 is 0. The van der Waals surface area contributed by atoms with E-state index in [1.807, 2.05) is 51.7 Å². The first-order valence-electron chi connectivity index (χ1n) is 10.9. The highest BCUT2D eigenvalue weighted by Crippen LogP contribution is 2.17. The minimum atomic E-state index is 0.0533. The van der Waals surface area contributed by atoms with Crippen LogP contribution in [-0.4, -0.2) is 35.1 Å². The molecule has 32 heavy (non-hydrogen) atoms. The molecule has 4 rings (SSSR count). The van der Waals surface area contributed by atoms with E-state index in [2.05, 4.69) is 43.6 Å². The van der Waals surface area contributed by atoms with Crippen LogP contribution in [-0.2, 0) is 19.6 Å². The molecule has 2 aromatic heterocycles. The fourth-order valence-electron chi connectivity index (χ4n) is 3.90. The highest BCUT2D eigenvalue weighted by Gasteiger charge is 2.13. The average Bonchev–Trinajstić information content (AvgIpc) is 3.30. The lowest BCUT2D eigenvalue weighted by atomic mass is 10.1. The van der Waals surface area contributed by atoms with E-state index < -0.39 is 0 Å². The van der Waals surface area contributed by atoms with E-state index >= 15 is 0 Å². The van der Waals surface area contributed by atoms with Gasteiger partial charge in [-0.05, 0) is 43.2 Å². The fourth-order valence-corrected chi connectivity index (χ4v) is 3.90. The second-order valence-electron chi connectivity index (χ2n) is 8.52. The van der Waals surface area contributed by atoms with Crippen LogP contribution in [0.4, 0.5) is 5.69 Å². The van der Waals surface area contributed by atoms with Gasteiger partial charge in [0.2, 0.25) is 0 Å². The molecule has 0 aliphatic heterocycles. The molecule has 0 amide bonds. The van der Waals surface area contributed by atoms with Crippen molar-refractivity contribution >= 4 is 16.7 Å². The first-order valence-corrected chi connectivity index (χ1v) is 10.9. The number of rotatable bonds is 9. The highest BCUT2D eigenvalue weighted by atomic mass is 16.3. The third-order valence-electron chi connectivity index (χ3n) is 5.70. The van der Waals surface area contributed by atoms with Crippen molar-refractivity contribution < 1.29 is 4.42 Å². The Kier molecular flexibility index (Phi) is 6.71. The van der Waals surface area contributed by atoms with E-state index in [1.54, 1.807) is 12.5 Å². The Morgan fingerprint density at radius 2 is 1.88 bits per heavy atom. The Morgan fingerprint density at radius 3 is 2.59 bits per heavy atom. The van der Waals surface area contributed by atoms with E-state index in [9.17, 15) is 4.79 Å². The zero-order valence-electron chi connectivity index (χ0n) is 19.0. The molecule has 0 fully saturated rings. The highest BCUT2D eigenvalue weighted by molar-refractivity contribution is 5.77. The van der Waals surface area contributed by atoms with Gasteiger partial charge in [-0.2, -0.15) is 0 Å². The third kappa shape index (κ3) is 5.26. The number of nitrogens with zero attached hydrogens (tertiary/aromatic N) is 4. The van der Waals surface area contributed by atoms with Crippen molar-refractivity contribution in [1.29, 1.82) is 0 Å². The number of imidazole rings is 1. The van der Waals surface area contributed by atoms with Gasteiger partial charge in [-0.3, -0.25) is 9.69 Å². The Hall–Kier alpha value is -3.38. The normalized spacial score (nSPS) is 11.4. The smallest absolute Gasteiger partial charge is 0.197 e. The van der Waals surface area contributed by atoms with Crippen molar-refractivity contribution in [3.05, 3.63) is 94.4 Å². The summed E-state index contributed by atoms with van der Waals surface area (Å²) in [6.45, 7) is 5.06. The summed E-state index contributed by atoms with van der Waals surface area (Å²) in [6.07, 6.45) is 8.20. The summed E-state index contributed by atoms with van der Waals surface area (Å²) < 4.78 is 7.87. The molecule has 166 valence electrons. The fraction of sp³-hybridized carbons (Fsp3) is 0.308. The van der Waals surface area contributed by atoms with Crippen LogP contribution in [0, 0.1) is 6.92 Å². The Balaban J connectivity index is 1.54. The molecule has 6 nitrogen and oxygen atoms in total. The molecular weight excluding hydrogens is 400 g/mol. The SMILES string of the molecule is Cc1ccc2occ(CN(CCCn3ccnc3)Cc3ccc(N(C)C)cc3)c(=O)c2c1. The van der Waals surface area contributed by atoms with Gasteiger partial charge in [-0.25, -0.2) is 4.98 Å². The van der Waals surface area contributed by atoms with E-state index in [4.69, 9.17) is 4.42 Å². The Morgan fingerprint density at radius 1 is 1.06 bits per heavy atom. The molecule has 2 aromatic carbocycles. The van der Waals surface area contributed by atoms with Gasteiger partial charge in [0.05, 0.1) is 18.0 Å². The molecule has 0 spiro atoms.